The van der Waals surface area contributed by atoms with Crippen LogP contribution in [0.2, 0.25) is 0 Å². The lowest BCUT2D eigenvalue weighted by Crippen LogP contribution is -2.30. The molecule has 110 valence electrons. The van der Waals surface area contributed by atoms with E-state index < -0.39 is 24.1 Å². The normalized spacial score (nSPS) is 13.4. The minimum atomic E-state index is -1.27. The van der Waals surface area contributed by atoms with Gasteiger partial charge in [-0.1, -0.05) is 12.1 Å². The van der Waals surface area contributed by atoms with Gasteiger partial charge in [0.15, 0.2) is 0 Å². The topological polar surface area (TPSA) is 122 Å². The molecule has 2 atom stereocenters. The highest BCUT2D eigenvalue weighted by Crippen LogP contribution is 2.19. The monoisotopic (exact) mass is 282 g/mol. The third-order valence-corrected chi connectivity index (χ3v) is 2.69. The van der Waals surface area contributed by atoms with Crippen molar-refractivity contribution in [3.05, 3.63) is 35.4 Å². The van der Waals surface area contributed by atoms with Gasteiger partial charge in [0.1, 0.15) is 6.10 Å². The number of aliphatic hydroxyl groups excluding tert-OH is 2. The number of aliphatic hydroxyl groups is 2. The number of nitrogens with two attached hydrogens (primary N) is 1. The Bertz CT molecular complexity index is 460. The Hall–Kier alpha value is -1.96. The first-order valence-corrected chi connectivity index (χ1v) is 6.12. The predicted molar refractivity (Wildman–Crippen MR) is 70.3 cm³/mol. The molecule has 0 aliphatic heterocycles. The quantitative estimate of drug-likeness (QED) is 0.244. The van der Waals surface area contributed by atoms with Crippen LogP contribution in [0.15, 0.2) is 24.3 Å². The van der Waals surface area contributed by atoms with E-state index in [4.69, 9.17) is 5.84 Å². The summed E-state index contributed by atoms with van der Waals surface area (Å²) < 4.78 is 4.69. The highest BCUT2D eigenvalue weighted by atomic mass is 16.5. The van der Waals surface area contributed by atoms with Crippen molar-refractivity contribution in [2.24, 2.45) is 5.84 Å². The Labute approximate surface area is 116 Å². The van der Waals surface area contributed by atoms with E-state index in [1.807, 2.05) is 5.43 Å². The molecule has 0 aromatic heterocycles. The molecule has 0 saturated heterocycles. The van der Waals surface area contributed by atoms with Crippen LogP contribution in [-0.2, 0) is 9.53 Å². The lowest BCUT2D eigenvalue weighted by atomic mass is 10.0. The molecule has 0 bridgehead atoms. The maximum Gasteiger partial charge on any atom is 0.308 e. The maximum absolute atomic E-state index is 11.2. The number of benzene rings is 1. The van der Waals surface area contributed by atoms with Crippen LogP contribution in [0.3, 0.4) is 0 Å². The first kappa shape index (κ1) is 16.1. The van der Waals surface area contributed by atoms with Crippen molar-refractivity contribution in [3.63, 3.8) is 0 Å². The predicted octanol–water partition coefficient (Wildman–Crippen LogP) is -0.362. The summed E-state index contributed by atoms with van der Waals surface area (Å²) >= 11 is 0. The Morgan fingerprint density at radius 2 is 1.90 bits per heavy atom. The summed E-state index contributed by atoms with van der Waals surface area (Å²) in [6, 6.07) is 5.86. The van der Waals surface area contributed by atoms with Crippen LogP contribution in [0, 0.1) is 0 Å². The molecule has 7 heteroatoms. The molecule has 5 N–H and O–H groups in total. The second-order valence-corrected chi connectivity index (χ2v) is 4.12. The number of amides is 1. The third kappa shape index (κ3) is 4.30. The summed E-state index contributed by atoms with van der Waals surface area (Å²) in [5, 5.41) is 19.7. The van der Waals surface area contributed by atoms with E-state index in [1.165, 1.54) is 24.3 Å². The Balaban J connectivity index is 2.69. The molecule has 0 spiro atoms. The second-order valence-electron chi connectivity index (χ2n) is 4.12. The van der Waals surface area contributed by atoms with Gasteiger partial charge in [0.25, 0.3) is 5.91 Å². The van der Waals surface area contributed by atoms with Crippen LogP contribution in [0.1, 0.15) is 35.4 Å². The molecule has 1 amide bonds. The Morgan fingerprint density at radius 1 is 1.30 bits per heavy atom. The van der Waals surface area contributed by atoms with Crippen LogP contribution in [0.25, 0.3) is 0 Å². The van der Waals surface area contributed by atoms with Gasteiger partial charge in [-0.3, -0.25) is 15.0 Å². The molecule has 1 aromatic carbocycles. The highest BCUT2D eigenvalue weighted by molar-refractivity contribution is 5.93. The molecule has 1 rings (SSSR count). The number of rotatable bonds is 6. The summed E-state index contributed by atoms with van der Waals surface area (Å²) in [6.07, 6.45) is -2.82. The zero-order valence-corrected chi connectivity index (χ0v) is 11.1. The fraction of sp³-hybridized carbons (Fsp3) is 0.385. The van der Waals surface area contributed by atoms with Gasteiger partial charge < -0.3 is 14.9 Å². The molecule has 1 aromatic rings. The summed E-state index contributed by atoms with van der Waals surface area (Å²) in [6.45, 7) is 1.87. The van der Waals surface area contributed by atoms with Crippen molar-refractivity contribution in [3.8, 4) is 0 Å². The van der Waals surface area contributed by atoms with Crippen molar-refractivity contribution < 1.29 is 24.5 Å². The van der Waals surface area contributed by atoms with E-state index >= 15 is 0 Å². The average Bonchev–Trinajstić information content (AvgIpc) is 2.46. The van der Waals surface area contributed by atoms with E-state index in [0.29, 0.717) is 11.1 Å². The van der Waals surface area contributed by atoms with Crippen molar-refractivity contribution >= 4 is 11.9 Å². The zero-order valence-electron chi connectivity index (χ0n) is 11.1. The van der Waals surface area contributed by atoms with Gasteiger partial charge >= 0.3 is 5.97 Å². The highest BCUT2D eigenvalue weighted by Gasteiger charge is 2.22. The van der Waals surface area contributed by atoms with Crippen molar-refractivity contribution in [2.45, 2.75) is 25.6 Å². The number of hydrazine groups is 1. The molecule has 0 heterocycles. The lowest BCUT2D eigenvalue weighted by molar-refractivity contribution is -0.147. The summed E-state index contributed by atoms with van der Waals surface area (Å²) in [5.74, 6) is 3.95. The smallest absolute Gasteiger partial charge is 0.308 e. The molecule has 20 heavy (non-hydrogen) atoms. The summed E-state index contributed by atoms with van der Waals surface area (Å²) in [7, 11) is 0. The molecule has 0 aliphatic rings. The van der Waals surface area contributed by atoms with Gasteiger partial charge in [-0.25, -0.2) is 5.84 Å². The number of ether oxygens (including phenoxy) is 1. The standard InChI is InChI=1S/C13H18N2O5/c1-2-20-11(17)7-10(16)12(18)8-3-5-9(6-4-8)13(19)15-14/h3-6,10,12,16,18H,2,7,14H2,1H3,(H,15,19). The number of esters is 1. The number of carbonyl (C=O) groups excluding carboxylic acids is 2. The first-order chi connectivity index (χ1) is 9.49. The maximum atomic E-state index is 11.2. The fourth-order valence-electron chi connectivity index (χ4n) is 1.64. The molecule has 2 unspecified atom stereocenters. The van der Waals surface area contributed by atoms with Crippen LogP contribution >= 0.6 is 0 Å². The minimum absolute atomic E-state index is 0.213. The number of nitrogens with one attached hydrogen (secondary N) is 1. The van der Waals surface area contributed by atoms with E-state index in [0.717, 1.165) is 0 Å². The minimum Gasteiger partial charge on any atom is -0.466 e. The number of nitrogen functional groups attached to an aromatic ring is 1. The van der Waals surface area contributed by atoms with E-state index in [2.05, 4.69) is 4.74 Å². The van der Waals surface area contributed by atoms with Crippen molar-refractivity contribution in [1.82, 2.24) is 5.43 Å². The first-order valence-electron chi connectivity index (χ1n) is 6.12. The SMILES string of the molecule is CCOC(=O)CC(O)C(O)c1ccc(C(=O)NN)cc1. The van der Waals surface area contributed by atoms with Crippen LogP contribution in [-0.4, -0.2) is 34.8 Å². The molecule has 7 nitrogen and oxygen atoms in total. The van der Waals surface area contributed by atoms with Gasteiger partial charge in [0, 0.05) is 5.56 Å². The van der Waals surface area contributed by atoms with Gasteiger partial charge in [-0.05, 0) is 24.6 Å². The van der Waals surface area contributed by atoms with Crippen LogP contribution in [0.4, 0.5) is 0 Å². The van der Waals surface area contributed by atoms with Crippen LogP contribution in [0.5, 0.6) is 0 Å². The molecule has 0 fully saturated rings. The van der Waals surface area contributed by atoms with Crippen LogP contribution < -0.4 is 11.3 Å². The average molecular weight is 282 g/mol. The molecular weight excluding hydrogens is 264 g/mol. The van der Waals surface area contributed by atoms with E-state index in [9.17, 15) is 19.8 Å². The largest absolute Gasteiger partial charge is 0.466 e. The van der Waals surface area contributed by atoms with Crippen molar-refractivity contribution in [2.75, 3.05) is 6.61 Å². The Morgan fingerprint density at radius 3 is 2.40 bits per heavy atom. The molecule has 0 saturated carbocycles. The Kier molecular flexibility index (Phi) is 6.10. The molecular formula is C13H18N2O5. The zero-order chi connectivity index (χ0) is 15.1. The van der Waals surface area contributed by atoms with Crippen molar-refractivity contribution in [1.29, 1.82) is 0 Å². The number of carbonyl (C=O) groups is 2. The summed E-state index contributed by atoms with van der Waals surface area (Å²) in [4.78, 5) is 22.4. The second kappa shape index (κ2) is 7.59. The molecule has 0 aliphatic carbocycles. The third-order valence-electron chi connectivity index (χ3n) is 2.69. The van der Waals surface area contributed by atoms with Gasteiger partial charge in [0.2, 0.25) is 0 Å². The summed E-state index contributed by atoms with van der Waals surface area (Å²) in [5.41, 5.74) is 2.69. The number of hydrogen-bond donors (Lipinski definition) is 4. The fourth-order valence-corrected chi connectivity index (χ4v) is 1.64. The van der Waals surface area contributed by atoms with Gasteiger partial charge in [0.05, 0.1) is 19.1 Å². The lowest BCUT2D eigenvalue weighted by Gasteiger charge is -2.17. The van der Waals surface area contributed by atoms with E-state index in [1.54, 1.807) is 6.92 Å². The van der Waals surface area contributed by atoms with E-state index in [-0.39, 0.29) is 13.0 Å². The number of hydrogen-bond acceptors (Lipinski definition) is 6. The van der Waals surface area contributed by atoms with Gasteiger partial charge in [-0.2, -0.15) is 0 Å². The molecule has 0 radical (unpaired) electrons. The van der Waals surface area contributed by atoms with Gasteiger partial charge in [-0.15, -0.1) is 0 Å².